The van der Waals surface area contributed by atoms with Gasteiger partial charge in [0.1, 0.15) is 6.04 Å². The van der Waals surface area contributed by atoms with E-state index in [-0.39, 0.29) is 42.3 Å². The highest BCUT2D eigenvalue weighted by Crippen LogP contribution is 2.20. The quantitative estimate of drug-likeness (QED) is 0.301. The number of nitrogens with one attached hydrogen (secondary N) is 1. The van der Waals surface area contributed by atoms with E-state index < -0.39 is 16.1 Å². The minimum absolute atomic E-state index is 0.0296. The molecule has 2 atom stereocenters. The number of sulfonamides is 1. The predicted molar refractivity (Wildman–Crippen MR) is 159 cm³/mol. The summed E-state index contributed by atoms with van der Waals surface area (Å²) in [7, 11) is -2.13. The Morgan fingerprint density at radius 2 is 1.50 bits per heavy atom. The van der Waals surface area contributed by atoms with Crippen LogP contribution in [0.25, 0.3) is 0 Å². The Balaban J connectivity index is 1.84. The average Bonchev–Trinajstić information content (AvgIpc) is 2.96. The fourth-order valence-electron chi connectivity index (χ4n) is 4.46. The molecule has 214 valence electrons. The van der Waals surface area contributed by atoms with Crippen LogP contribution in [-0.4, -0.2) is 55.1 Å². The van der Waals surface area contributed by atoms with E-state index in [0.717, 1.165) is 23.1 Å². The summed E-state index contributed by atoms with van der Waals surface area (Å²) in [6.45, 7) is 6.42. The number of benzene rings is 3. The van der Waals surface area contributed by atoms with Crippen molar-refractivity contribution in [3.63, 3.8) is 0 Å². The van der Waals surface area contributed by atoms with Gasteiger partial charge in [-0.15, -0.1) is 0 Å². The van der Waals surface area contributed by atoms with E-state index in [4.69, 9.17) is 0 Å². The van der Waals surface area contributed by atoms with Crippen LogP contribution in [0.4, 0.5) is 0 Å². The minimum atomic E-state index is -3.65. The average molecular weight is 564 g/mol. The van der Waals surface area contributed by atoms with Gasteiger partial charge in [0, 0.05) is 39.0 Å². The van der Waals surface area contributed by atoms with Gasteiger partial charge in [0.15, 0.2) is 0 Å². The standard InChI is InChI=1S/C32H41N3O4S/c1-5-26(3)33-32(37)30(23-27-16-8-6-9-17-27)35(24-28-18-13-12-15-25(28)2)31(36)21-14-22-34(4)40(38,39)29-19-10-7-11-20-29/h6-13,15-20,26,30H,5,14,21-24H2,1-4H3,(H,33,37)/t26-,30+/m0/s1. The smallest absolute Gasteiger partial charge is 0.243 e. The molecule has 0 radical (unpaired) electrons. The predicted octanol–water partition coefficient (Wildman–Crippen LogP) is 4.95. The zero-order valence-corrected chi connectivity index (χ0v) is 24.7. The number of carbonyl (C=O) groups excluding carboxylic acids is 2. The van der Waals surface area contributed by atoms with Crippen LogP contribution in [0.5, 0.6) is 0 Å². The zero-order valence-electron chi connectivity index (χ0n) is 23.9. The van der Waals surface area contributed by atoms with Crippen LogP contribution in [0.2, 0.25) is 0 Å². The molecule has 0 fully saturated rings. The van der Waals surface area contributed by atoms with Crippen molar-refractivity contribution in [2.75, 3.05) is 13.6 Å². The van der Waals surface area contributed by atoms with Crippen molar-refractivity contribution in [1.82, 2.24) is 14.5 Å². The maximum atomic E-state index is 13.8. The summed E-state index contributed by atoms with van der Waals surface area (Å²) in [5.41, 5.74) is 2.96. The van der Waals surface area contributed by atoms with Crippen LogP contribution in [0.3, 0.4) is 0 Å². The van der Waals surface area contributed by atoms with Gasteiger partial charge >= 0.3 is 0 Å². The van der Waals surface area contributed by atoms with Crippen molar-refractivity contribution in [2.24, 2.45) is 0 Å². The molecule has 7 nitrogen and oxygen atoms in total. The summed E-state index contributed by atoms with van der Waals surface area (Å²) in [6.07, 6.45) is 1.60. The summed E-state index contributed by atoms with van der Waals surface area (Å²) >= 11 is 0. The van der Waals surface area contributed by atoms with Crippen LogP contribution >= 0.6 is 0 Å². The van der Waals surface area contributed by atoms with E-state index in [2.05, 4.69) is 5.32 Å². The molecule has 0 spiro atoms. The number of carbonyl (C=O) groups is 2. The Kier molecular flexibility index (Phi) is 11.5. The van der Waals surface area contributed by atoms with Crippen molar-refractivity contribution >= 4 is 21.8 Å². The molecule has 0 saturated carbocycles. The van der Waals surface area contributed by atoms with Crippen molar-refractivity contribution in [3.05, 3.63) is 102 Å². The molecule has 2 amide bonds. The first-order valence-electron chi connectivity index (χ1n) is 13.8. The summed E-state index contributed by atoms with van der Waals surface area (Å²) < 4.78 is 27.1. The van der Waals surface area contributed by atoms with Crippen LogP contribution < -0.4 is 5.32 Å². The number of amides is 2. The van der Waals surface area contributed by atoms with E-state index in [1.807, 2.05) is 75.4 Å². The third kappa shape index (κ3) is 8.50. The summed E-state index contributed by atoms with van der Waals surface area (Å²) in [4.78, 5) is 29.3. The molecule has 8 heteroatoms. The number of aryl methyl sites for hydroxylation is 1. The first-order chi connectivity index (χ1) is 19.1. The topological polar surface area (TPSA) is 86.8 Å². The van der Waals surface area contributed by atoms with Gasteiger partial charge in [-0.05, 0) is 55.5 Å². The Labute approximate surface area is 239 Å². The van der Waals surface area contributed by atoms with Crippen molar-refractivity contribution < 1.29 is 18.0 Å². The molecule has 0 heterocycles. The van der Waals surface area contributed by atoms with Gasteiger partial charge in [0.05, 0.1) is 4.90 Å². The third-order valence-electron chi connectivity index (χ3n) is 7.19. The van der Waals surface area contributed by atoms with Gasteiger partial charge < -0.3 is 10.2 Å². The second-order valence-electron chi connectivity index (χ2n) is 10.2. The molecule has 0 aromatic heterocycles. The lowest BCUT2D eigenvalue weighted by Gasteiger charge is -2.33. The maximum absolute atomic E-state index is 13.8. The molecule has 1 N–H and O–H groups in total. The number of hydrogen-bond donors (Lipinski definition) is 1. The second-order valence-corrected chi connectivity index (χ2v) is 12.3. The Bertz CT molecular complexity index is 1350. The molecular weight excluding hydrogens is 522 g/mol. The highest BCUT2D eigenvalue weighted by molar-refractivity contribution is 7.89. The first-order valence-corrected chi connectivity index (χ1v) is 15.3. The summed E-state index contributed by atoms with van der Waals surface area (Å²) in [5.74, 6) is -0.377. The highest BCUT2D eigenvalue weighted by Gasteiger charge is 2.31. The number of rotatable bonds is 14. The molecule has 0 saturated heterocycles. The van der Waals surface area contributed by atoms with E-state index in [1.54, 1.807) is 35.2 Å². The molecule has 0 aliphatic heterocycles. The molecular formula is C32H41N3O4S. The summed E-state index contributed by atoms with van der Waals surface area (Å²) in [6, 6.07) is 25.1. The molecule has 0 aliphatic rings. The fraction of sp³-hybridized carbons (Fsp3) is 0.375. The Morgan fingerprint density at radius 1 is 0.900 bits per heavy atom. The van der Waals surface area contributed by atoms with Crippen molar-refractivity contribution in [1.29, 1.82) is 0 Å². The van der Waals surface area contributed by atoms with Gasteiger partial charge in [-0.2, -0.15) is 0 Å². The fourth-order valence-corrected chi connectivity index (χ4v) is 5.69. The SMILES string of the molecule is CC[C@H](C)NC(=O)[C@@H](Cc1ccccc1)N(Cc1ccccc1C)C(=O)CCCN(C)S(=O)(=O)c1ccccc1. The normalized spacial score (nSPS) is 13.0. The largest absolute Gasteiger partial charge is 0.352 e. The van der Waals surface area contributed by atoms with Crippen LogP contribution in [0.1, 0.15) is 49.8 Å². The number of hydrogen-bond acceptors (Lipinski definition) is 4. The zero-order chi connectivity index (χ0) is 29.1. The molecule has 40 heavy (non-hydrogen) atoms. The number of nitrogens with zero attached hydrogens (tertiary/aromatic N) is 2. The molecule has 0 bridgehead atoms. The van der Waals surface area contributed by atoms with Crippen LogP contribution in [0.15, 0.2) is 89.8 Å². The third-order valence-corrected chi connectivity index (χ3v) is 9.06. The second kappa shape index (κ2) is 14.8. The van der Waals surface area contributed by atoms with E-state index >= 15 is 0 Å². The monoisotopic (exact) mass is 563 g/mol. The van der Waals surface area contributed by atoms with E-state index in [9.17, 15) is 18.0 Å². The molecule has 0 aliphatic carbocycles. The molecule has 0 unspecified atom stereocenters. The van der Waals surface area contributed by atoms with Gasteiger partial charge in [0.25, 0.3) is 0 Å². The highest BCUT2D eigenvalue weighted by atomic mass is 32.2. The van der Waals surface area contributed by atoms with Gasteiger partial charge in [-0.3, -0.25) is 9.59 Å². The lowest BCUT2D eigenvalue weighted by atomic mass is 10.0. The van der Waals surface area contributed by atoms with Gasteiger partial charge in [-0.25, -0.2) is 12.7 Å². The molecule has 3 aromatic carbocycles. The van der Waals surface area contributed by atoms with Crippen LogP contribution in [-0.2, 0) is 32.6 Å². The summed E-state index contributed by atoms with van der Waals surface area (Å²) in [5, 5.41) is 3.08. The van der Waals surface area contributed by atoms with E-state index in [1.165, 1.54) is 11.4 Å². The van der Waals surface area contributed by atoms with E-state index in [0.29, 0.717) is 12.8 Å². The first kappa shape index (κ1) is 31.0. The maximum Gasteiger partial charge on any atom is 0.243 e. The molecule has 3 aromatic rings. The minimum Gasteiger partial charge on any atom is -0.352 e. The van der Waals surface area contributed by atoms with Crippen LogP contribution in [0, 0.1) is 6.92 Å². The Hall–Kier alpha value is -3.49. The molecule has 3 rings (SSSR count). The Morgan fingerprint density at radius 3 is 2.12 bits per heavy atom. The lowest BCUT2D eigenvalue weighted by molar-refractivity contribution is -0.141. The van der Waals surface area contributed by atoms with Crippen molar-refractivity contribution in [2.45, 2.75) is 70.0 Å². The van der Waals surface area contributed by atoms with Gasteiger partial charge in [-0.1, -0.05) is 79.7 Å². The van der Waals surface area contributed by atoms with Gasteiger partial charge in [0.2, 0.25) is 21.8 Å². The lowest BCUT2D eigenvalue weighted by Crippen LogP contribution is -2.52. The van der Waals surface area contributed by atoms with Crippen molar-refractivity contribution in [3.8, 4) is 0 Å².